The lowest BCUT2D eigenvalue weighted by atomic mass is 10.2. The summed E-state index contributed by atoms with van der Waals surface area (Å²) in [6, 6.07) is 3.73. The van der Waals surface area contributed by atoms with E-state index < -0.39 is 11.7 Å². The first-order valence-corrected chi connectivity index (χ1v) is 5.37. The average Bonchev–Trinajstić information content (AvgIpc) is 2.61. The van der Waals surface area contributed by atoms with E-state index in [1.54, 1.807) is 12.4 Å². The summed E-state index contributed by atoms with van der Waals surface area (Å²) >= 11 is 0. The number of amides is 1. The second kappa shape index (κ2) is 4.08. The molecule has 1 amide bonds. The Morgan fingerprint density at radius 2 is 2.24 bits per heavy atom. The van der Waals surface area contributed by atoms with E-state index in [-0.39, 0.29) is 0 Å². The van der Waals surface area contributed by atoms with Gasteiger partial charge in [0.2, 0.25) is 0 Å². The lowest BCUT2D eigenvalue weighted by Crippen LogP contribution is -2.27. The molecule has 5 nitrogen and oxygen atoms in total. The number of nitrogens with one attached hydrogen (secondary N) is 2. The summed E-state index contributed by atoms with van der Waals surface area (Å²) in [5, 5.41) is 3.59. The number of hydrogen-bond acceptors (Lipinski definition) is 3. The first kappa shape index (κ1) is 11.4. The number of ether oxygens (including phenoxy) is 1. The molecule has 0 aliphatic carbocycles. The Labute approximate surface area is 99.2 Å². The predicted octanol–water partition coefficient (Wildman–Crippen LogP) is 2.91. The number of rotatable bonds is 1. The van der Waals surface area contributed by atoms with E-state index in [1.807, 2.05) is 32.9 Å². The highest BCUT2D eigenvalue weighted by molar-refractivity contribution is 5.88. The molecular weight excluding hydrogens is 218 g/mol. The number of pyridine rings is 1. The predicted molar refractivity (Wildman–Crippen MR) is 66.0 cm³/mol. The lowest BCUT2D eigenvalue weighted by molar-refractivity contribution is 0.0636. The van der Waals surface area contributed by atoms with E-state index in [0.29, 0.717) is 5.69 Å². The standard InChI is InChI=1S/C12H15N3O2/c1-12(2,3)17-11(16)15-9-6-8-4-5-13-10(8)14-7-9/h4-7H,1-3H3,(H,13,14)(H,15,16). The van der Waals surface area contributed by atoms with Gasteiger partial charge in [-0.25, -0.2) is 9.78 Å². The highest BCUT2D eigenvalue weighted by Gasteiger charge is 2.16. The Hall–Kier alpha value is -2.04. The molecule has 2 rings (SSSR count). The van der Waals surface area contributed by atoms with Crippen molar-refractivity contribution in [1.82, 2.24) is 9.97 Å². The number of nitrogens with zero attached hydrogens (tertiary/aromatic N) is 1. The second-order valence-electron chi connectivity index (χ2n) is 4.77. The van der Waals surface area contributed by atoms with Crippen molar-refractivity contribution in [3.63, 3.8) is 0 Å². The molecule has 0 unspecified atom stereocenters. The summed E-state index contributed by atoms with van der Waals surface area (Å²) in [5.41, 5.74) is 0.904. The third-order valence-corrected chi connectivity index (χ3v) is 2.05. The normalized spacial score (nSPS) is 11.5. The molecule has 0 fully saturated rings. The van der Waals surface area contributed by atoms with Crippen molar-refractivity contribution in [2.45, 2.75) is 26.4 Å². The van der Waals surface area contributed by atoms with Gasteiger partial charge in [-0.3, -0.25) is 5.32 Å². The minimum atomic E-state index is -0.504. The lowest BCUT2D eigenvalue weighted by Gasteiger charge is -2.19. The van der Waals surface area contributed by atoms with Gasteiger partial charge < -0.3 is 9.72 Å². The fraction of sp³-hybridized carbons (Fsp3) is 0.333. The molecular formula is C12H15N3O2. The molecule has 0 saturated carbocycles. The van der Waals surface area contributed by atoms with Gasteiger partial charge in [-0.05, 0) is 32.9 Å². The Balaban J connectivity index is 2.10. The van der Waals surface area contributed by atoms with Gasteiger partial charge in [0, 0.05) is 11.6 Å². The number of carbonyl (C=O) groups is 1. The molecule has 2 heterocycles. The van der Waals surface area contributed by atoms with Crippen molar-refractivity contribution >= 4 is 22.8 Å². The van der Waals surface area contributed by atoms with Gasteiger partial charge in [0.25, 0.3) is 0 Å². The third-order valence-electron chi connectivity index (χ3n) is 2.05. The van der Waals surface area contributed by atoms with Crippen LogP contribution in [0.3, 0.4) is 0 Å². The van der Waals surface area contributed by atoms with Crippen LogP contribution in [-0.4, -0.2) is 21.7 Å². The molecule has 2 aromatic heterocycles. The van der Waals surface area contributed by atoms with Crippen molar-refractivity contribution in [3.8, 4) is 0 Å². The van der Waals surface area contributed by atoms with Gasteiger partial charge in [0.1, 0.15) is 11.2 Å². The van der Waals surface area contributed by atoms with E-state index in [0.717, 1.165) is 11.0 Å². The molecule has 5 heteroatoms. The maximum absolute atomic E-state index is 11.5. The van der Waals surface area contributed by atoms with E-state index >= 15 is 0 Å². The van der Waals surface area contributed by atoms with E-state index in [4.69, 9.17) is 4.74 Å². The smallest absolute Gasteiger partial charge is 0.412 e. The van der Waals surface area contributed by atoms with Crippen LogP contribution in [0, 0.1) is 0 Å². The van der Waals surface area contributed by atoms with Gasteiger partial charge in [-0.15, -0.1) is 0 Å². The molecule has 0 aromatic carbocycles. The zero-order valence-corrected chi connectivity index (χ0v) is 10.1. The molecule has 2 N–H and O–H groups in total. The van der Waals surface area contributed by atoms with Crippen LogP contribution in [0.5, 0.6) is 0 Å². The Morgan fingerprint density at radius 3 is 2.94 bits per heavy atom. The summed E-state index contributed by atoms with van der Waals surface area (Å²) < 4.78 is 5.15. The summed E-state index contributed by atoms with van der Waals surface area (Å²) in [5.74, 6) is 0. The van der Waals surface area contributed by atoms with Crippen molar-refractivity contribution < 1.29 is 9.53 Å². The first-order chi connectivity index (χ1) is 7.94. The molecule has 0 spiro atoms. The molecule has 17 heavy (non-hydrogen) atoms. The van der Waals surface area contributed by atoms with E-state index in [9.17, 15) is 4.79 Å². The van der Waals surface area contributed by atoms with Crippen molar-refractivity contribution in [2.75, 3.05) is 5.32 Å². The van der Waals surface area contributed by atoms with Crippen LogP contribution in [0.1, 0.15) is 20.8 Å². The fourth-order valence-corrected chi connectivity index (χ4v) is 1.43. The van der Waals surface area contributed by atoms with Gasteiger partial charge in [0.15, 0.2) is 0 Å². The van der Waals surface area contributed by atoms with Crippen LogP contribution in [0.2, 0.25) is 0 Å². The third kappa shape index (κ3) is 2.96. The Bertz CT molecular complexity index is 540. The van der Waals surface area contributed by atoms with Gasteiger partial charge in [-0.2, -0.15) is 0 Å². The van der Waals surface area contributed by atoms with E-state index in [2.05, 4.69) is 15.3 Å². The molecule has 0 aliphatic heterocycles. The number of aromatic amines is 1. The molecule has 0 saturated heterocycles. The minimum Gasteiger partial charge on any atom is -0.444 e. The summed E-state index contributed by atoms with van der Waals surface area (Å²) in [7, 11) is 0. The zero-order chi connectivity index (χ0) is 12.5. The van der Waals surface area contributed by atoms with E-state index in [1.165, 1.54) is 0 Å². The van der Waals surface area contributed by atoms with Crippen LogP contribution >= 0.6 is 0 Å². The Morgan fingerprint density at radius 1 is 1.47 bits per heavy atom. The Kier molecular flexibility index (Phi) is 2.75. The largest absolute Gasteiger partial charge is 0.444 e. The first-order valence-electron chi connectivity index (χ1n) is 5.37. The maximum Gasteiger partial charge on any atom is 0.412 e. The summed E-state index contributed by atoms with van der Waals surface area (Å²) in [4.78, 5) is 18.7. The van der Waals surface area contributed by atoms with Crippen molar-refractivity contribution in [1.29, 1.82) is 0 Å². The quantitative estimate of drug-likeness (QED) is 0.795. The monoisotopic (exact) mass is 233 g/mol. The molecule has 2 aromatic rings. The van der Waals surface area contributed by atoms with Gasteiger partial charge >= 0.3 is 6.09 Å². The zero-order valence-electron chi connectivity index (χ0n) is 10.1. The van der Waals surface area contributed by atoms with Crippen molar-refractivity contribution in [3.05, 3.63) is 24.5 Å². The molecule has 0 bridgehead atoms. The van der Waals surface area contributed by atoms with Crippen LogP contribution in [0.4, 0.5) is 10.5 Å². The molecule has 0 atom stereocenters. The van der Waals surface area contributed by atoms with Crippen LogP contribution in [-0.2, 0) is 4.74 Å². The van der Waals surface area contributed by atoms with Gasteiger partial charge in [0.05, 0.1) is 11.9 Å². The van der Waals surface area contributed by atoms with Crippen LogP contribution in [0.25, 0.3) is 11.0 Å². The number of anilines is 1. The number of aromatic nitrogens is 2. The van der Waals surface area contributed by atoms with Crippen molar-refractivity contribution in [2.24, 2.45) is 0 Å². The SMILES string of the molecule is CC(C)(C)OC(=O)Nc1cnc2[nH]ccc2c1. The second-order valence-corrected chi connectivity index (χ2v) is 4.77. The number of hydrogen-bond donors (Lipinski definition) is 2. The molecule has 0 radical (unpaired) electrons. The summed E-state index contributed by atoms with van der Waals surface area (Å²) in [6.45, 7) is 5.46. The number of fused-ring (bicyclic) bond motifs is 1. The maximum atomic E-state index is 11.5. The number of H-pyrrole nitrogens is 1. The minimum absolute atomic E-state index is 0.478. The average molecular weight is 233 g/mol. The highest BCUT2D eigenvalue weighted by atomic mass is 16.6. The molecule has 0 aliphatic rings. The molecule has 90 valence electrons. The van der Waals surface area contributed by atoms with Crippen LogP contribution < -0.4 is 5.32 Å². The number of carbonyl (C=O) groups excluding carboxylic acids is 1. The van der Waals surface area contributed by atoms with Gasteiger partial charge in [-0.1, -0.05) is 0 Å². The topological polar surface area (TPSA) is 67.0 Å². The summed E-state index contributed by atoms with van der Waals surface area (Å²) in [6.07, 6.45) is 2.91. The fourth-order valence-electron chi connectivity index (χ4n) is 1.43. The highest BCUT2D eigenvalue weighted by Crippen LogP contribution is 2.16. The van der Waals surface area contributed by atoms with Crippen LogP contribution in [0.15, 0.2) is 24.5 Å².